The number of ether oxygens (including phenoxy) is 2. The molecular formula is C27H35N5O2S. The Bertz CT molecular complexity index is 1100. The van der Waals surface area contributed by atoms with Gasteiger partial charge in [-0.25, -0.2) is 4.98 Å². The lowest BCUT2D eigenvalue weighted by Crippen LogP contribution is -2.29. The number of likely N-dealkylation sites (tertiary alicyclic amines) is 1. The van der Waals surface area contributed by atoms with Crippen LogP contribution in [0, 0.1) is 6.92 Å². The van der Waals surface area contributed by atoms with E-state index in [1.165, 1.54) is 25.9 Å². The highest BCUT2D eigenvalue weighted by Gasteiger charge is 2.12. The predicted molar refractivity (Wildman–Crippen MR) is 143 cm³/mol. The van der Waals surface area contributed by atoms with Crippen LogP contribution < -0.4 is 19.5 Å². The molecule has 0 amide bonds. The quantitative estimate of drug-likeness (QED) is 0.324. The lowest BCUT2D eigenvalue weighted by Gasteiger charge is -2.19. The highest BCUT2D eigenvalue weighted by atomic mass is 32.2. The first kappa shape index (κ1) is 25.3. The summed E-state index contributed by atoms with van der Waals surface area (Å²) in [6, 6.07) is 16.1. The molecule has 0 saturated carbocycles. The molecule has 0 aliphatic carbocycles. The van der Waals surface area contributed by atoms with Gasteiger partial charge >= 0.3 is 6.01 Å². The Balaban J connectivity index is 1.34. The van der Waals surface area contributed by atoms with Gasteiger partial charge in [-0.2, -0.15) is 4.98 Å². The van der Waals surface area contributed by atoms with E-state index in [4.69, 9.17) is 9.47 Å². The topological polar surface area (TPSA) is 71.5 Å². The highest BCUT2D eigenvalue weighted by Crippen LogP contribution is 2.27. The molecule has 7 nitrogen and oxygen atoms in total. The summed E-state index contributed by atoms with van der Waals surface area (Å²) in [5, 5.41) is 3.40. The lowest BCUT2D eigenvalue weighted by molar-refractivity contribution is 0.237. The maximum Gasteiger partial charge on any atom is 0.323 e. The third-order valence-corrected chi connectivity index (χ3v) is 6.63. The number of nitrogens with one attached hydrogen (secondary N) is 2. The van der Waals surface area contributed by atoms with Crippen molar-refractivity contribution in [2.75, 3.05) is 31.6 Å². The Morgan fingerprint density at radius 1 is 1.03 bits per heavy atom. The maximum atomic E-state index is 5.91. The molecule has 2 N–H and O–H groups in total. The number of hydrogen-bond donors (Lipinski definition) is 2. The number of anilines is 2. The van der Waals surface area contributed by atoms with Crippen LogP contribution in [0.25, 0.3) is 0 Å². The first-order valence-electron chi connectivity index (χ1n) is 12.1. The van der Waals surface area contributed by atoms with Gasteiger partial charge in [0.05, 0.1) is 0 Å². The molecule has 1 fully saturated rings. The van der Waals surface area contributed by atoms with Crippen LogP contribution in [-0.2, 0) is 0 Å². The molecule has 0 atom stereocenters. The fraction of sp³-hybridized carbons (Fsp3) is 0.407. The molecule has 0 bridgehead atoms. The van der Waals surface area contributed by atoms with Crippen molar-refractivity contribution in [3.63, 3.8) is 0 Å². The van der Waals surface area contributed by atoms with E-state index in [2.05, 4.69) is 57.8 Å². The number of aryl methyl sites for hydroxylation is 1. The Labute approximate surface area is 212 Å². The van der Waals surface area contributed by atoms with Gasteiger partial charge < -0.3 is 14.8 Å². The van der Waals surface area contributed by atoms with Gasteiger partial charge in [0, 0.05) is 34.4 Å². The van der Waals surface area contributed by atoms with Crippen molar-refractivity contribution in [3.8, 4) is 17.5 Å². The second kappa shape index (κ2) is 11.7. The van der Waals surface area contributed by atoms with Gasteiger partial charge in [0.1, 0.15) is 23.9 Å². The molecule has 1 saturated heterocycles. The minimum atomic E-state index is 0.0293. The summed E-state index contributed by atoms with van der Waals surface area (Å²) in [7, 11) is 0. The van der Waals surface area contributed by atoms with E-state index in [-0.39, 0.29) is 5.54 Å². The van der Waals surface area contributed by atoms with Crippen molar-refractivity contribution in [1.29, 1.82) is 0 Å². The Kier molecular flexibility index (Phi) is 8.49. The predicted octanol–water partition coefficient (Wildman–Crippen LogP) is 6.19. The molecule has 3 aromatic rings. The smallest absolute Gasteiger partial charge is 0.323 e. The fourth-order valence-electron chi connectivity index (χ4n) is 3.60. The lowest BCUT2D eigenvalue weighted by atomic mass is 10.1. The van der Waals surface area contributed by atoms with Crippen LogP contribution in [0.2, 0.25) is 0 Å². The van der Waals surface area contributed by atoms with Gasteiger partial charge in [0.25, 0.3) is 0 Å². The van der Waals surface area contributed by atoms with Gasteiger partial charge in [0.15, 0.2) is 0 Å². The van der Waals surface area contributed by atoms with Crippen molar-refractivity contribution in [3.05, 3.63) is 60.3 Å². The van der Waals surface area contributed by atoms with Crippen molar-refractivity contribution < 1.29 is 9.47 Å². The molecule has 8 heteroatoms. The van der Waals surface area contributed by atoms with Crippen LogP contribution in [0.15, 0.2) is 59.6 Å². The van der Waals surface area contributed by atoms with Crippen molar-refractivity contribution in [1.82, 2.24) is 19.6 Å². The molecule has 2 aromatic carbocycles. The molecule has 0 spiro atoms. The molecule has 186 valence electrons. The standard InChI is InChI=1S/C27H35N5O2S/c1-20-19-28-26(30-25(20)29-21-8-7-9-24(18-21)35-31-27(2,3)4)34-23-12-10-22(11-13-23)33-17-16-32-14-5-6-15-32/h7-13,18-19,31H,5-6,14-17H2,1-4H3,(H,28,29,30). The fourth-order valence-corrected chi connectivity index (χ4v) is 4.35. The van der Waals surface area contributed by atoms with Crippen molar-refractivity contribution in [2.24, 2.45) is 0 Å². The van der Waals surface area contributed by atoms with Crippen LogP contribution in [-0.4, -0.2) is 46.6 Å². The molecular weight excluding hydrogens is 458 g/mol. The highest BCUT2D eigenvalue weighted by molar-refractivity contribution is 7.97. The van der Waals surface area contributed by atoms with Crippen molar-refractivity contribution in [2.45, 2.75) is 51.0 Å². The number of aromatic nitrogens is 2. The summed E-state index contributed by atoms with van der Waals surface area (Å²) in [5.41, 5.74) is 1.92. The largest absolute Gasteiger partial charge is 0.492 e. The Morgan fingerprint density at radius 2 is 1.77 bits per heavy atom. The molecule has 1 aliphatic rings. The average molecular weight is 494 g/mol. The second-order valence-corrected chi connectivity index (χ2v) is 10.6. The minimum absolute atomic E-state index is 0.0293. The minimum Gasteiger partial charge on any atom is -0.492 e. The van der Waals surface area contributed by atoms with E-state index in [9.17, 15) is 0 Å². The number of benzene rings is 2. The van der Waals surface area contributed by atoms with E-state index in [1.807, 2.05) is 43.3 Å². The van der Waals surface area contributed by atoms with E-state index >= 15 is 0 Å². The van der Waals surface area contributed by atoms with Gasteiger partial charge in [-0.1, -0.05) is 6.07 Å². The summed E-state index contributed by atoms with van der Waals surface area (Å²) in [6.07, 6.45) is 4.36. The summed E-state index contributed by atoms with van der Waals surface area (Å²) < 4.78 is 15.2. The van der Waals surface area contributed by atoms with Crippen LogP contribution in [0.5, 0.6) is 17.5 Å². The van der Waals surface area contributed by atoms with Gasteiger partial charge in [0.2, 0.25) is 0 Å². The molecule has 35 heavy (non-hydrogen) atoms. The molecule has 4 rings (SSSR count). The second-order valence-electron chi connectivity index (χ2n) is 9.76. The zero-order valence-electron chi connectivity index (χ0n) is 21.0. The van der Waals surface area contributed by atoms with Crippen LogP contribution in [0.4, 0.5) is 11.5 Å². The van der Waals surface area contributed by atoms with Crippen LogP contribution in [0.1, 0.15) is 39.2 Å². The number of rotatable bonds is 10. The third kappa shape index (κ3) is 8.13. The van der Waals surface area contributed by atoms with Crippen LogP contribution >= 0.6 is 11.9 Å². The summed E-state index contributed by atoms with van der Waals surface area (Å²) in [5.74, 6) is 2.21. The maximum absolute atomic E-state index is 5.91. The SMILES string of the molecule is Cc1cnc(Oc2ccc(OCCN3CCCC3)cc2)nc1Nc1cccc(SNC(C)(C)C)c1. The first-order valence-corrected chi connectivity index (χ1v) is 12.9. The van der Waals surface area contributed by atoms with Gasteiger partial charge in [-0.3, -0.25) is 9.62 Å². The Hall–Kier alpha value is -2.81. The van der Waals surface area contributed by atoms with E-state index in [0.717, 1.165) is 28.4 Å². The number of nitrogens with zero attached hydrogens (tertiary/aromatic N) is 3. The number of hydrogen-bond acceptors (Lipinski definition) is 8. The van der Waals surface area contributed by atoms with Crippen molar-refractivity contribution >= 4 is 23.5 Å². The molecule has 2 heterocycles. The van der Waals surface area contributed by atoms with Crippen LogP contribution in [0.3, 0.4) is 0 Å². The Morgan fingerprint density at radius 3 is 2.51 bits per heavy atom. The molecule has 1 aromatic heterocycles. The third-order valence-electron chi connectivity index (χ3n) is 5.43. The first-order chi connectivity index (χ1) is 16.8. The summed E-state index contributed by atoms with van der Waals surface area (Å²) >= 11 is 1.61. The van der Waals surface area contributed by atoms with Gasteiger partial charge in [-0.15, -0.1) is 0 Å². The summed E-state index contributed by atoms with van der Waals surface area (Å²) in [4.78, 5) is 12.5. The van der Waals surface area contributed by atoms with Gasteiger partial charge in [-0.05, 0) is 108 Å². The van der Waals surface area contributed by atoms with E-state index in [0.29, 0.717) is 24.2 Å². The van der Waals surface area contributed by atoms with E-state index in [1.54, 1.807) is 18.1 Å². The normalized spacial score (nSPS) is 14.2. The zero-order valence-corrected chi connectivity index (χ0v) is 21.8. The molecule has 1 aliphatic heterocycles. The molecule has 0 unspecified atom stereocenters. The van der Waals surface area contributed by atoms with E-state index < -0.39 is 0 Å². The summed E-state index contributed by atoms with van der Waals surface area (Å²) in [6.45, 7) is 12.4. The monoisotopic (exact) mass is 493 g/mol. The zero-order chi connectivity index (χ0) is 24.7. The average Bonchev–Trinajstić information content (AvgIpc) is 3.35. The molecule has 0 radical (unpaired) electrons.